The number of ether oxygens (including phenoxy) is 2. The summed E-state index contributed by atoms with van der Waals surface area (Å²) in [6.45, 7) is 2.62. The molecule has 5 aromatic carbocycles. The highest BCUT2D eigenvalue weighted by Gasteiger charge is 2.29. The number of aromatic nitrogens is 3. The van der Waals surface area contributed by atoms with E-state index in [2.05, 4.69) is 40.7 Å². The van der Waals surface area contributed by atoms with Crippen LogP contribution in [0.2, 0.25) is 5.02 Å². The molecule has 8 aromatic rings. The molecule has 40 heteroatoms. The van der Waals surface area contributed by atoms with Gasteiger partial charge in [-0.15, -0.1) is 37.3 Å². The standard InChI is InChI=1S/C44H37ClN10O21S8/c1-20-10-30(51-53-39-21(2)25(19-46)42-47-29-17-37(83(69,70)71)34(75-3)18-32(29)55(42)43(39)56)33(76-6-4-8-79(57,58)59)15-27(20)49-52-31-14-26(45)28(16-35(31)77-7-5-9-80(60,61)62)50-54-44-48-40-38(84(72,73)74)13-23-24(41(40)78-44)11-22(81(63,64)65)12-36(23)82(66,67)68/h10-18,56H,4-9H2,1-3H3,(H,57,58,59)(H,60,61,62)(H,63,64,65)(H,66,67,68)(H,69,70,71)(H,72,73,74). The molecule has 3 aromatic heterocycles. The van der Waals surface area contributed by atoms with Crippen molar-refractivity contribution in [1.82, 2.24) is 14.4 Å². The van der Waals surface area contributed by atoms with Gasteiger partial charge in [0, 0.05) is 33.4 Å². The van der Waals surface area contributed by atoms with Gasteiger partial charge in [-0.3, -0.25) is 31.7 Å². The lowest BCUT2D eigenvalue weighted by Gasteiger charge is -2.12. The highest BCUT2D eigenvalue weighted by atomic mass is 35.5. The van der Waals surface area contributed by atoms with Crippen molar-refractivity contribution in [3.63, 3.8) is 0 Å². The summed E-state index contributed by atoms with van der Waals surface area (Å²) in [5, 5.41) is 45.7. The Bertz CT molecular complexity index is 4970. The Morgan fingerprint density at radius 1 is 0.667 bits per heavy atom. The maximum Gasteiger partial charge on any atom is 0.298 e. The third-order valence-electron chi connectivity index (χ3n) is 11.7. The van der Waals surface area contributed by atoms with Gasteiger partial charge in [-0.2, -0.15) is 60.9 Å². The number of nitriles is 1. The molecule has 7 N–H and O–H groups in total. The molecule has 84 heavy (non-hydrogen) atoms. The Morgan fingerprint density at radius 2 is 1.30 bits per heavy atom. The molecular weight excluding hydrogens is 1300 g/mol. The van der Waals surface area contributed by atoms with Crippen LogP contribution in [0.3, 0.4) is 0 Å². The summed E-state index contributed by atoms with van der Waals surface area (Å²) >= 11 is 8.16. The maximum atomic E-state index is 12.6. The third-order valence-corrected chi connectivity index (χ3v) is 19.2. The number of benzene rings is 5. The van der Waals surface area contributed by atoms with Crippen LogP contribution in [-0.4, -0.2) is 128 Å². The summed E-state index contributed by atoms with van der Waals surface area (Å²) in [6.07, 6.45) is -0.341. The van der Waals surface area contributed by atoms with E-state index in [0.717, 1.165) is 41.5 Å². The van der Waals surface area contributed by atoms with Crippen molar-refractivity contribution >= 4 is 167 Å². The first-order valence-electron chi connectivity index (χ1n) is 22.8. The summed E-state index contributed by atoms with van der Waals surface area (Å²) in [7, 11) is -28.3. The van der Waals surface area contributed by atoms with Gasteiger partial charge in [-0.25, -0.2) is 9.97 Å². The van der Waals surface area contributed by atoms with E-state index < -0.39 is 114 Å². The largest absolute Gasteiger partial charge is 0.495 e. The van der Waals surface area contributed by atoms with Crippen molar-refractivity contribution in [2.45, 2.75) is 51.2 Å². The van der Waals surface area contributed by atoms with Crippen molar-refractivity contribution in [2.24, 2.45) is 30.7 Å². The van der Waals surface area contributed by atoms with E-state index in [1.54, 1.807) is 6.92 Å². The lowest BCUT2D eigenvalue weighted by molar-refractivity contribution is 0.317. The highest BCUT2D eigenvalue weighted by Crippen LogP contribution is 2.46. The molecule has 0 bridgehead atoms. The fourth-order valence-corrected chi connectivity index (χ4v) is 13.9. The van der Waals surface area contributed by atoms with Gasteiger partial charge in [0.15, 0.2) is 11.3 Å². The van der Waals surface area contributed by atoms with Crippen LogP contribution in [0.4, 0.5) is 33.6 Å². The monoisotopic (exact) mass is 1330 g/mol. The number of nitrogens with zero attached hydrogens (tertiary/aromatic N) is 10. The predicted molar refractivity (Wildman–Crippen MR) is 300 cm³/mol. The Hall–Kier alpha value is -7.01. The zero-order valence-electron chi connectivity index (χ0n) is 42.4. The van der Waals surface area contributed by atoms with Crippen LogP contribution in [0.25, 0.3) is 37.7 Å². The molecule has 0 aliphatic rings. The molecule has 0 saturated heterocycles. The second-order valence-corrected chi connectivity index (χ2v) is 28.7. The normalized spacial score (nSPS) is 13.2. The van der Waals surface area contributed by atoms with Gasteiger partial charge in [0.25, 0.3) is 60.7 Å². The van der Waals surface area contributed by atoms with E-state index in [4.69, 9.17) is 21.1 Å². The Kier molecular flexibility index (Phi) is 17.6. The van der Waals surface area contributed by atoms with Gasteiger partial charge in [-0.1, -0.05) is 22.9 Å². The van der Waals surface area contributed by atoms with Crippen LogP contribution < -0.4 is 9.47 Å². The van der Waals surface area contributed by atoms with Crippen LogP contribution in [0.1, 0.15) is 29.5 Å². The van der Waals surface area contributed by atoms with Crippen molar-refractivity contribution in [3.05, 3.63) is 76.3 Å². The van der Waals surface area contributed by atoms with Gasteiger partial charge >= 0.3 is 0 Å². The van der Waals surface area contributed by atoms with Crippen LogP contribution >= 0.6 is 34.7 Å². The molecule has 8 rings (SSSR count). The first kappa shape index (κ1) is 63.0. The van der Waals surface area contributed by atoms with Crippen LogP contribution in [-0.2, 0) is 60.7 Å². The molecule has 0 unspecified atom stereocenters. The molecule has 444 valence electrons. The number of rotatable bonds is 21. The topological polar surface area (TPSA) is 493 Å². The number of halogens is 1. The van der Waals surface area contributed by atoms with Crippen molar-refractivity contribution in [3.8, 4) is 23.4 Å². The summed E-state index contributed by atoms with van der Waals surface area (Å²) in [5.41, 5.74) is -0.942. The third kappa shape index (κ3) is 13.9. The summed E-state index contributed by atoms with van der Waals surface area (Å²) in [4.78, 5) is 4.78. The Morgan fingerprint density at radius 3 is 1.92 bits per heavy atom. The summed E-state index contributed by atoms with van der Waals surface area (Å²) < 4.78 is 215. The molecule has 0 aliphatic heterocycles. The number of imidazole rings is 1. The van der Waals surface area contributed by atoms with Gasteiger partial charge in [0.2, 0.25) is 11.0 Å². The molecule has 31 nitrogen and oxygen atoms in total. The average Bonchev–Trinajstić information content (AvgIpc) is 1.54. The molecule has 0 spiro atoms. The zero-order chi connectivity index (χ0) is 61.8. The molecule has 0 aliphatic carbocycles. The number of fused-ring (bicyclic) bond motifs is 6. The number of thioether (sulfide) groups is 1. The molecule has 0 atom stereocenters. The number of hydrogen-bond donors (Lipinski definition) is 7. The number of methoxy groups -OCH3 is 1. The van der Waals surface area contributed by atoms with Crippen LogP contribution in [0.5, 0.6) is 17.4 Å². The highest BCUT2D eigenvalue weighted by molar-refractivity contribution is 7.99. The van der Waals surface area contributed by atoms with Crippen molar-refractivity contribution in [1.29, 1.82) is 5.26 Å². The number of thiazole rings is 1. The maximum absolute atomic E-state index is 12.6. The van der Waals surface area contributed by atoms with Gasteiger partial charge in [0.05, 0.1) is 56.6 Å². The fourth-order valence-electron chi connectivity index (χ4n) is 7.96. The smallest absolute Gasteiger partial charge is 0.298 e. The molecule has 0 saturated carbocycles. The van der Waals surface area contributed by atoms with Crippen molar-refractivity contribution < 1.29 is 92.4 Å². The van der Waals surface area contributed by atoms with E-state index >= 15 is 0 Å². The Labute approximate surface area is 487 Å². The lowest BCUT2D eigenvalue weighted by atomic mass is 10.1. The number of hydrogen-bond acceptors (Lipinski definition) is 26. The predicted octanol–water partition coefficient (Wildman–Crippen LogP) is 9.37. The van der Waals surface area contributed by atoms with Crippen LogP contribution in [0.15, 0.2) is 110 Å². The van der Waals surface area contributed by atoms with E-state index in [-0.39, 0.29) is 113 Å². The fraction of sp³-hybridized carbons (Fsp3) is 0.205. The van der Waals surface area contributed by atoms with Crippen molar-refractivity contribution in [2.75, 3.05) is 31.0 Å². The number of pyridine rings is 1. The second-order valence-electron chi connectivity index (χ2n) is 17.5. The van der Waals surface area contributed by atoms with E-state index in [0.29, 0.717) is 29.0 Å². The van der Waals surface area contributed by atoms with Gasteiger partial charge in [0.1, 0.15) is 60.4 Å². The quantitative estimate of drug-likeness (QED) is 0.0152. The SMILES string of the molecule is COc1cc2c(cc1S(=O)(=O)O)nc1c(C#N)c(C)c(N=Nc3cc(C)c(N=Nc4cc(Cl)c(N=Nc5nc6c(S(=O)(=O)O)cc7c(S(=O)(=O)O)cc(S(=O)(=O)O)cc7c6s5)cc4SCCCS(=O)(=O)O)cc3OCCCS(=O)(=O)O)c(O)n12. The molecule has 0 fully saturated rings. The summed E-state index contributed by atoms with van der Waals surface area (Å²) in [5.74, 6) is -2.44. The molecular formula is C44H37ClN10O21S8. The second kappa shape index (κ2) is 23.5. The van der Waals surface area contributed by atoms with Crippen LogP contribution in [0, 0.1) is 25.2 Å². The number of aryl methyl sites for hydroxylation is 1. The first-order chi connectivity index (χ1) is 39.0. The average molecular weight is 1330 g/mol. The minimum absolute atomic E-state index is 0.0108. The number of aromatic hydroxyl groups is 1. The first-order valence-corrected chi connectivity index (χ1v) is 34.0. The lowest BCUT2D eigenvalue weighted by Crippen LogP contribution is -2.08. The number of azo groups is 3. The summed E-state index contributed by atoms with van der Waals surface area (Å²) in [6, 6.07) is 11.1. The van der Waals surface area contributed by atoms with E-state index in [1.165, 1.54) is 31.2 Å². The molecule has 0 radical (unpaired) electrons. The minimum atomic E-state index is -5.33. The van der Waals surface area contributed by atoms with Gasteiger partial charge in [-0.05, 0) is 80.5 Å². The van der Waals surface area contributed by atoms with Gasteiger partial charge < -0.3 is 14.6 Å². The molecule has 3 heterocycles. The molecule has 0 amide bonds. The minimum Gasteiger partial charge on any atom is -0.495 e. The Balaban J connectivity index is 1.20. The van der Waals surface area contributed by atoms with E-state index in [9.17, 15) is 88.2 Å². The van der Waals surface area contributed by atoms with E-state index in [1.807, 2.05) is 6.07 Å². The zero-order valence-corrected chi connectivity index (χ0v) is 49.7.